The van der Waals surface area contributed by atoms with Gasteiger partial charge < -0.3 is 0 Å². The van der Waals surface area contributed by atoms with E-state index >= 15 is 0 Å². The maximum atomic E-state index is 10.5. The second kappa shape index (κ2) is 7.98. The first-order valence-electron chi connectivity index (χ1n) is 7.03. The van der Waals surface area contributed by atoms with E-state index in [1.54, 1.807) is 19.9 Å². The molecule has 0 unspecified atom stereocenters. The van der Waals surface area contributed by atoms with E-state index in [0.717, 1.165) is 28.5 Å². The fraction of sp³-hybridized carbons (Fsp3) is 0.222. The molecule has 0 radical (unpaired) electrons. The van der Waals surface area contributed by atoms with Crippen LogP contribution in [0.15, 0.2) is 30.3 Å². The molecular weight excluding hydrogens is 294 g/mol. The van der Waals surface area contributed by atoms with E-state index in [0.29, 0.717) is 17.4 Å². The Bertz CT molecular complexity index is 751. The molecular formula is C18H19NO4. The van der Waals surface area contributed by atoms with Gasteiger partial charge in [0.05, 0.1) is 4.92 Å². The summed E-state index contributed by atoms with van der Waals surface area (Å²) in [6.45, 7) is 7.20. The zero-order valence-electron chi connectivity index (χ0n) is 13.6. The van der Waals surface area contributed by atoms with Gasteiger partial charge in [-0.05, 0) is 51.0 Å². The highest BCUT2D eigenvalue weighted by Gasteiger charge is 2.13. The molecule has 0 fully saturated rings. The standard InChI is InChI=1S/C9H9NO3.C9H10O/c1-6-3-8(5-11)7(2)9(4-6)10(12)13;1-7-3-4-8(2)9(5-7)6-10/h3-5H,1-2H3;3-6H,1-2H3. The number of nitro benzene ring substituents is 1. The predicted octanol–water partition coefficient (Wildman–Crippen LogP) is 4.14. The molecule has 5 heteroatoms. The van der Waals surface area contributed by atoms with E-state index in [-0.39, 0.29) is 5.69 Å². The Morgan fingerprint density at radius 2 is 1.43 bits per heavy atom. The molecule has 2 aromatic rings. The van der Waals surface area contributed by atoms with Gasteiger partial charge >= 0.3 is 0 Å². The van der Waals surface area contributed by atoms with Crippen LogP contribution in [0.4, 0.5) is 5.69 Å². The number of aldehydes is 2. The fourth-order valence-electron chi connectivity index (χ4n) is 2.07. The Balaban J connectivity index is 0.000000238. The summed E-state index contributed by atoms with van der Waals surface area (Å²) in [5.74, 6) is 0. The summed E-state index contributed by atoms with van der Waals surface area (Å²) in [5, 5.41) is 10.5. The minimum Gasteiger partial charge on any atom is -0.298 e. The molecule has 0 aliphatic rings. The lowest BCUT2D eigenvalue weighted by Crippen LogP contribution is -1.96. The van der Waals surface area contributed by atoms with Gasteiger partial charge in [-0.1, -0.05) is 17.7 Å². The van der Waals surface area contributed by atoms with Crippen molar-refractivity contribution in [1.29, 1.82) is 0 Å². The minimum atomic E-state index is -0.477. The molecule has 120 valence electrons. The molecule has 0 heterocycles. The monoisotopic (exact) mass is 313 g/mol. The number of hydrogen-bond donors (Lipinski definition) is 0. The van der Waals surface area contributed by atoms with Crippen molar-refractivity contribution in [3.05, 3.63) is 73.8 Å². The first-order chi connectivity index (χ1) is 10.8. The SMILES string of the molecule is Cc1cc(C=O)c(C)c([N+](=O)[O-])c1.Cc1ccc(C)c(C=O)c1. The highest BCUT2D eigenvalue weighted by Crippen LogP contribution is 2.22. The van der Waals surface area contributed by atoms with Crippen molar-refractivity contribution in [3.63, 3.8) is 0 Å². The molecule has 0 aromatic heterocycles. The van der Waals surface area contributed by atoms with Crippen LogP contribution in [0.2, 0.25) is 0 Å². The third-order valence-electron chi connectivity index (χ3n) is 3.45. The van der Waals surface area contributed by atoms with Crippen molar-refractivity contribution < 1.29 is 14.5 Å². The molecule has 0 saturated heterocycles. The van der Waals surface area contributed by atoms with Gasteiger partial charge in [-0.3, -0.25) is 19.7 Å². The van der Waals surface area contributed by atoms with Crippen LogP contribution in [0.25, 0.3) is 0 Å². The number of rotatable bonds is 3. The summed E-state index contributed by atoms with van der Waals surface area (Å²) >= 11 is 0. The average molecular weight is 313 g/mol. The molecule has 2 rings (SSSR count). The maximum absolute atomic E-state index is 10.5. The third-order valence-corrected chi connectivity index (χ3v) is 3.45. The maximum Gasteiger partial charge on any atom is 0.273 e. The van der Waals surface area contributed by atoms with Crippen LogP contribution in [-0.4, -0.2) is 17.5 Å². The highest BCUT2D eigenvalue weighted by molar-refractivity contribution is 5.79. The Labute approximate surface area is 135 Å². The first-order valence-corrected chi connectivity index (χ1v) is 7.03. The Kier molecular flexibility index (Phi) is 6.33. The van der Waals surface area contributed by atoms with E-state index in [2.05, 4.69) is 0 Å². The second-order valence-electron chi connectivity index (χ2n) is 5.35. The van der Waals surface area contributed by atoms with Crippen LogP contribution in [0.5, 0.6) is 0 Å². The topological polar surface area (TPSA) is 77.3 Å². The number of carbonyl (C=O) groups excluding carboxylic acids is 2. The fourth-order valence-corrected chi connectivity index (χ4v) is 2.07. The average Bonchev–Trinajstić information content (AvgIpc) is 2.51. The van der Waals surface area contributed by atoms with Gasteiger partial charge in [-0.15, -0.1) is 0 Å². The molecule has 0 N–H and O–H groups in total. The number of carbonyl (C=O) groups is 2. The number of benzene rings is 2. The van der Waals surface area contributed by atoms with Crippen LogP contribution in [0.1, 0.15) is 43.0 Å². The predicted molar refractivity (Wildman–Crippen MR) is 89.3 cm³/mol. The second-order valence-corrected chi connectivity index (χ2v) is 5.35. The van der Waals surface area contributed by atoms with Gasteiger partial charge in [-0.25, -0.2) is 0 Å². The molecule has 0 atom stereocenters. The van der Waals surface area contributed by atoms with Gasteiger partial charge in [0.25, 0.3) is 5.69 Å². The number of aryl methyl sites for hydroxylation is 3. The van der Waals surface area contributed by atoms with E-state index in [1.807, 2.05) is 32.0 Å². The van der Waals surface area contributed by atoms with Crippen molar-refractivity contribution in [3.8, 4) is 0 Å². The van der Waals surface area contributed by atoms with Gasteiger partial charge in [0.1, 0.15) is 6.29 Å². The number of nitrogens with zero attached hydrogens (tertiary/aromatic N) is 1. The van der Waals surface area contributed by atoms with Gasteiger partial charge in [0, 0.05) is 22.8 Å². The van der Waals surface area contributed by atoms with Crippen molar-refractivity contribution in [2.45, 2.75) is 27.7 Å². The summed E-state index contributed by atoms with van der Waals surface area (Å²) in [7, 11) is 0. The summed E-state index contributed by atoms with van der Waals surface area (Å²) in [6.07, 6.45) is 1.53. The zero-order chi connectivity index (χ0) is 17.6. The zero-order valence-corrected chi connectivity index (χ0v) is 13.6. The quantitative estimate of drug-likeness (QED) is 0.484. The smallest absolute Gasteiger partial charge is 0.273 e. The van der Waals surface area contributed by atoms with Crippen molar-refractivity contribution in [1.82, 2.24) is 0 Å². The highest BCUT2D eigenvalue weighted by atomic mass is 16.6. The Hall–Kier alpha value is -2.82. The van der Waals surface area contributed by atoms with Crippen LogP contribution < -0.4 is 0 Å². The molecule has 23 heavy (non-hydrogen) atoms. The van der Waals surface area contributed by atoms with E-state index < -0.39 is 4.92 Å². The third kappa shape index (κ3) is 4.85. The van der Waals surface area contributed by atoms with Crippen LogP contribution in [-0.2, 0) is 0 Å². The molecule has 2 aromatic carbocycles. The molecule has 0 aliphatic carbocycles. The van der Waals surface area contributed by atoms with Crippen LogP contribution in [0, 0.1) is 37.8 Å². The van der Waals surface area contributed by atoms with E-state index in [4.69, 9.17) is 0 Å². The van der Waals surface area contributed by atoms with Gasteiger partial charge in [-0.2, -0.15) is 0 Å². The van der Waals surface area contributed by atoms with Gasteiger partial charge in [0.15, 0.2) is 6.29 Å². The van der Waals surface area contributed by atoms with E-state index in [1.165, 1.54) is 6.07 Å². The molecule has 0 saturated carbocycles. The van der Waals surface area contributed by atoms with Crippen LogP contribution >= 0.6 is 0 Å². The Morgan fingerprint density at radius 1 is 0.870 bits per heavy atom. The molecule has 5 nitrogen and oxygen atoms in total. The lowest BCUT2D eigenvalue weighted by molar-refractivity contribution is -0.385. The minimum absolute atomic E-state index is 0.00194. The molecule has 0 aliphatic heterocycles. The Morgan fingerprint density at radius 3 is 1.91 bits per heavy atom. The van der Waals surface area contributed by atoms with Crippen molar-refractivity contribution in [2.75, 3.05) is 0 Å². The number of nitro groups is 1. The van der Waals surface area contributed by atoms with Crippen molar-refractivity contribution in [2.24, 2.45) is 0 Å². The van der Waals surface area contributed by atoms with Crippen molar-refractivity contribution >= 4 is 18.3 Å². The lowest BCUT2D eigenvalue weighted by Gasteiger charge is -2.01. The van der Waals surface area contributed by atoms with E-state index in [9.17, 15) is 19.7 Å². The first kappa shape index (κ1) is 18.2. The summed E-state index contributed by atoms with van der Waals surface area (Å²) in [5.41, 5.74) is 4.49. The van der Waals surface area contributed by atoms with Crippen LogP contribution in [0.3, 0.4) is 0 Å². The number of hydrogen-bond acceptors (Lipinski definition) is 4. The summed E-state index contributed by atoms with van der Waals surface area (Å²) < 4.78 is 0. The largest absolute Gasteiger partial charge is 0.298 e. The summed E-state index contributed by atoms with van der Waals surface area (Å²) in [6, 6.07) is 8.95. The lowest BCUT2D eigenvalue weighted by atomic mass is 10.0. The molecule has 0 bridgehead atoms. The van der Waals surface area contributed by atoms with Gasteiger partial charge in [0.2, 0.25) is 0 Å². The summed E-state index contributed by atoms with van der Waals surface area (Å²) in [4.78, 5) is 31.0. The molecule has 0 spiro atoms. The normalized spacial score (nSPS) is 9.57. The molecule has 0 amide bonds.